The number of hydrogen-bond acceptors (Lipinski definition) is 4. The van der Waals surface area contributed by atoms with Crippen LogP contribution in [0.1, 0.15) is 13.3 Å². The minimum Gasteiger partial charge on any atom is -0.495 e. The van der Waals surface area contributed by atoms with Crippen molar-refractivity contribution in [2.45, 2.75) is 13.3 Å². The van der Waals surface area contributed by atoms with Crippen molar-refractivity contribution in [2.24, 2.45) is 0 Å². The molecule has 1 aromatic carbocycles. The number of halogens is 1. The number of carbonyl (C=O) groups is 2. The highest BCUT2D eigenvalue weighted by molar-refractivity contribution is 6.32. The van der Waals surface area contributed by atoms with Crippen molar-refractivity contribution in [2.75, 3.05) is 19.1 Å². The minimum atomic E-state index is -0.488. The zero-order valence-electron chi connectivity index (χ0n) is 11.4. The fourth-order valence-corrected chi connectivity index (χ4v) is 2.41. The van der Waals surface area contributed by atoms with Crippen LogP contribution in [0, 0.1) is 0 Å². The van der Waals surface area contributed by atoms with Gasteiger partial charge in [-0.25, -0.2) is 4.79 Å². The summed E-state index contributed by atoms with van der Waals surface area (Å²) in [4.78, 5) is 25.1. The molecule has 5 nitrogen and oxygen atoms in total. The maximum absolute atomic E-state index is 12.1. The molecule has 1 aromatic rings. The maximum Gasteiger partial charge on any atom is 0.336 e. The van der Waals surface area contributed by atoms with Crippen molar-refractivity contribution in [3.05, 3.63) is 34.5 Å². The summed E-state index contributed by atoms with van der Waals surface area (Å²) >= 11 is 6.06. The van der Waals surface area contributed by atoms with E-state index in [-0.39, 0.29) is 12.3 Å². The Morgan fingerprint density at radius 1 is 1.35 bits per heavy atom. The Kier molecular flexibility index (Phi) is 3.99. The molecule has 106 valence electrons. The second kappa shape index (κ2) is 5.54. The molecule has 0 radical (unpaired) electrons. The Hall–Kier alpha value is -2.01. The lowest BCUT2D eigenvalue weighted by molar-refractivity contribution is -0.136. The van der Waals surface area contributed by atoms with Crippen LogP contribution in [0.2, 0.25) is 5.02 Å². The van der Waals surface area contributed by atoms with Crippen LogP contribution in [-0.4, -0.2) is 26.1 Å². The first kappa shape index (κ1) is 14.4. The van der Waals surface area contributed by atoms with E-state index in [1.807, 2.05) is 0 Å². The van der Waals surface area contributed by atoms with Gasteiger partial charge in [-0.2, -0.15) is 0 Å². The third-order valence-corrected chi connectivity index (χ3v) is 3.47. The molecule has 0 bridgehead atoms. The van der Waals surface area contributed by atoms with Gasteiger partial charge in [-0.1, -0.05) is 11.6 Å². The largest absolute Gasteiger partial charge is 0.495 e. The summed E-state index contributed by atoms with van der Waals surface area (Å²) in [6.45, 7) is 1.70. The van der Waals surface area contributed by atoms with Gasteiger partial charge >= 0.3 is 5.97 Å². The Morgan fingerprint density at radius 2 is 2.05 bits per heavy atom. The lowest BCUT2D eigenvalue weighted by Gasteiger charge is -2.19. The number of nitrogens with zero attached hydrogens (tertiary/aromatic N) is 1. The van der Waals surface area contributed by atoms with Crippen LogP contribution in [0.5, 0.6) is 5.75 Å². The van der Waals surface area contributed by atoms with E-state index in [1.54, 1.807) is 25.1 Å². The fraction of sp³-hybridized carbons (Fsp3) is 0.286. The predicted molar refractivity (Wildman–Crippen MR) is 74.8 cm³/mol. The van der Waals surface area contributed by atoms with Crippen LogP contribution < -0.4 is 9.64 Å². The third-order valence-electron chi connectivity index (χ3n) is 3.17. The van der Waals surface area contributed by atoms with E-state index in [0.29, 0.717) is 27.7 Å². The number of anilines is 1. The minimum absolute atomic E-state index is 0.0299. The first-order valence-corrected chi connectivity index (χ1v) is 6.32. The number of amides is 1. The lowest BCUT2D eigenvalue weighted by Crippen LogP contribution is -2.23. The van der Waals surface area contributed by atoms with E-state index in [2.05, 4.69) is 4.74 Å². The third kappa shape index (κ3) is 2.36. The molecule has 0 spiro atoms. The summed E-state index contributed by atoms with van der Waals surface area (Å²) in [7, 11) is 2.81. The van der Waals surface area contributed by atoms with Gasteiger partial charge in [-0.3, -0.25) is 9.69 Å². The van der Waals surface area contributed by atoms with Crippen LogP contribution in [-0.2, 0) is 14.3 Å². The quantitative estimate of drug-likeness (QED) is 0.804. The van der Waals surface area contributed by atoms with Crippen LogP contribution >= 0.6 is 11.6 Å². The number of carbonyl (C=O) groups excluding carboxylic acids is 2. The van der Waals surface area contributed by atoms with Gasteiger partial charge in [0.2, 0.25) is 5.91 Å². The molecule has 1 aliphatic rings. The van der Waals surface area contributed by atoms with Gasteiger partial charge < -0.3 is 9.47 Å². The van der Waals surface area contributed by atoms with E-state index in [0.717, 1.165) is 0 Å². The number of rotatable bonds is 3. The normalized spacial score (nSPS) is 14.8. The Labute approximate surface area is 121 Å². The molecule has 1 amide bonds. The van der Waals surface area contributed by atoms with Gasteiger partial charge in [0.05, 0.1) is 36.9 Å². The van der Waals surface area contributed by atoms with Gasteiger partial charge in [-0.05, 0) is 25.1 Å². The molecule has 1 aliphatic heterocycles. The number of methoxy groups -OCH3 is 2. The van der Waals surface area contributed by atoms with Crippen molar-refractivity contribution in [1.82, 2.24) is 0 Å². The molecular weight excluding hydrogens is 282 g/mol. The molecule has 0 saturated heterocycles. The van der Waals surface area contributed by atoms with E-state index < -0.39 is 5.97 Å². The lowest BCUT2D eigenvalue weighted by atomic mass is 10.2. The first-order valence-electron chi connectivity index (χ1n) is 5.94. The first-order chi connectivity index (χ1) is 9.49. The second-order valence-corrected chi connectivity index (χ2v) is 4.69. The molecule has 1 heterocycles. The van der Waals surface area contributed by atoms with Crippen molar-refractivity contribution < 1.29 is 19.1 Å². The standard InChI is InChI=1S/C14H14ClNO4/c1-8-10(14(18)20-3)7-13(17)16(8)9-4-5-12(19-2)11(15)6-9/h4-6H,7H2,1-3H3. The molecule has 0 saturated carbocycles. The van der Waals surface area contributed by atoms with Crippen LogP contribution in [0.25, 0.3) is 0 Å². The van der Waals surface area contributed by atoms with E-state index in [4.69, 9.17) is 16.3 Å². The van der Waals surface area contributed by atoms with Gasteiger partial charge in [0, 0.05) is 5.70 Å². The zero-order valence-corrected chi connectivity index (χ0v) is 12.2. The van der Waals surface area contributed by atoms with Crippen molar-refractivity contribution in [3.8, 4) is 5.75 Å². The monoisotopic (exact) mass is 295 g/mol. The molecular formula is C14H14ClNO4. The summed E-state index contributed by atoms with van der Waals surface area (Å²) in [5.41, 5.74) is 1.52. The highest BCUT2D eigenvalue weighted by Crippen LogP contribution is 2.35. The molecule has 2 rings (SSSR count). The van der Waals surface area contributed by atoms with Gasteiger partial charge in [0.15, 0.2) is 0 Å². The summed E-state index contributed by atoms with van der Waals surface area (Å²) in [6, 6.07) is 5.02. The van der Waals surface area contributed by atoms with Crippen molar-refractivity contribution >= 4 is 29.2 Å². The summed E-state index contributed by atoms with van der Waals surface area (Å²) in [5, 5.41) is 0.400. The number of ether oxygens (including phenoxy) is 2. The van der Waals surface area contributed by atoms with Gasteiger partial charge in [0.1, 0.15) is 5.75 Å². The van der Waals surface area contributed by atoms with Crippen LogP contribution in [0.3, 0.4) is 0 Å². The predicted octanol–water partition coefficient (Wildman–Crippen LogP) is 2.53. The summed E-state index contributed by atoms with van der Waals surface area (Å²) in [5.74, 6) is -0.154. The zero-order chi connectivity index (χ0) is 14.9. The molecule has 0 aliphatic carbocycles. The average molecular weight is 296 g/mol. The molecule has 0 unspecified atom stereocenters. The highest BCUT2D eigenvalue weighted by atomic mass is 35.5. The molecule has 0 fully saturated rings. The molecule has 20 heavy (non-hydrogen) atoms. The summed E-state index contributed by atoms with van der Waals surface area (Å²) in [6.07, 6.45) is 0.0299. The number of allylic oxidation sites excluding steroid dienone is 1. The van der Waals surface area contributed by atoms with Gasteiger partial charge in [-0.15, -0.1) is 0 Å². The van der Waals surface area contributed by atoms with E-state index >= 15 is 0 Å². The van der Waals surface area contributed by atoms with Crippen LogP contribution in [0.15, 0.2) is 29.5 Å². The molecule has 0 N–H and O–H groups in total. The second-order valence-electron chi connectivity index (χ2n) is 4.28. The number of benzene rings is 1. The summed E-state index contributed by atoms with van der Waals surface area (Å²) < 4.78 is 9.75. The fourth-order valence-electron chi connectivity index (χ4n) is 2.16. The van der Waals surface area contributed by atoms with Crippen molar-refractivity contribution in [1.29, 1.82) is 0 Å². The Bertz CT molecular complexity index is 609. The smallest absolute Gasteiger partial charge is 0.336 e. The SMILES string of the molecule is COC(=O)C1=C(C)N(c2ccc(OC)c(Cl)c2)C(=O)C1. The van der Waals surface area contributed by atoms with Crippen molar-refractivity contribution in [3.63, 3.8) is 0 Å². The average Bonchev–Trinajstić information content (AvgIpc) is 2.73. The number of hydrogen-bond donors (Lipinski definition) is 0. The van der Waals surface area contributed by atoms with E-state index in [9.17, 15) is 9.59 Å². The van der Waals surface area contributed by atoms with Gasteiger partial charge in [0.25, 0.3) is 0 Å². The topological polar surface area (TPSA) is 55.8 Å². The Balaban J connectivity index is 2.42. The molecule has 0 aromatic heterocycles. The van der Waals surface area contributed by atoms with Crippen LogP contribution in [0.4, 0.5) is 5.69 Å². The molecule has 0 atom stereocenters. The maximum atomic E-state index is 12.1. The number of esters is 1. The Morgan fingerprint density at radius 3 is 2.60 bits per heavy atom. The highest BCUT2D eigenvalue weighted by Gasteiger charge is 2.32. The van der Waals surface area contributed by atoms with E-state index in [1.165, 1.54) is 19.1 Å². The molecule has 6 heteroatoms.